The van der Waals surface area contributed by atoms with Crippen molar-refractivity contribution in [3.05, 3.63) is 77.1 Å². The van der Waals surface area contributed by atoms with Crippen LogP contribution in [0.3, 0.4) is 0 Å². The highest BCUT2D eigenvalue weighted by molar-refractivity contribution is 7.87. The van der Waals surface area contributed by atoms with Crippen molar-refractivity contribution in [3.8, 4) is 5.75 Å². The summed E-state index contributed by atoms with van der Waals surface area (Å²) in [5.74, 6) is 0.247. The van der Waals surface area contributed by atoms with Crippen LogP contribution < -0.4 is 4.74 Å². The fourth-order valence-electron chi connectivity index (χ4n) is 4.75. The Bertz CT molecular complexity index is 1210. The Morgan fingerprint density at radius 2 is 1.63 bits per heavy atom. The molecule has 0 N–H and O–H groups in total. The number of rotatable bonds is 6. The number of nitrogens with zero attached hydrogens (tertiary/aromatic N) is 1. The van der Waals surface area contributed by atoms with Crippen molar-refractivity contribution in [2.75, 3.05) is 7.11 Å². The molecule has 2 aliphatic heterocycles. The number of hydrogen-bond acceptors (Lipinski definition) is 5. The monoisotopic (exact) mass is 521 g/mol. The minimum Gasteiger partial charge on any atom is -0.497 e. The molecule has 0 aromatic heterocycles. The predicted molar refractivity (Wildman–Crippen MR) is 113 cm³/mol. The van der Waals surface area contributed by atoms with Gasteiger partial charge in [-0.25, -0.2) is 0 Å². The zero-order valence-electron chi connectivity index (χ0n) is 18.4. The molecule has 0 aliphatic carbocycles. The Morgan fingerprint density at radius 3 is 2.17 bits per heavy atom. The first kappa shape index (κ1) is 25.4. The van der Waals surface area contributed by atoms with Crippen LogP contribution in [0.5, 0.6) is 5.75 Å². The summed E-state index contributed by atoms with van der Waals surface area (Å²) in [5.41, 5.74) is -6.25. The maximum atomic E-state index is 13.1. The summed E-state index contributed by atoms with van der Waals surface area (Å²) in [6, 6.07) is 11.0. The number of methoxy groups -OCH3 is 1. The van der Waals surface area contributed by atoms with Crippen molar-refractivity contribution < 1.29 is 43.7 Å². The fraction of sp³-hybridized carbons (Fsp3) is 0.391. The molecule has 2 aromatic carbocycles. The maximum Gasteiger partial charge on any atom is 0.534 e. The van der Waals surface area contributed by atoms with Crippen molar-refractivity contribution >= 4 is 10.1 Å². The molecule has 0 amide bonds. The normalized spacial score (nSPS) is 23.2. The molecule has 12 heteroatoms. The van der Waals surface area contributed by atoms with Crippen LogP contribution in [0.15, 0.2) is 60.4 Å². The summed E-state index contributed by atoms with van der Waals surface area (Å²) >= 11 is 0. The van der Waals surface area contributed by atoms with Gasteiger partial charge in [-0.2, -0.15) is 34.8 Å². The van der Waals surface area contributed by atoms with E-state index in [0.717, 1.165) is 17.7 Å². The summed E-state index contributed by atoms with van der Waals surface area (Å²) in [7, 11) is -4.37. The average molecular weight is 521 g/mol. The highest BCUT2D eigenvalue weighted by Gasteiger charge is 2.54. The van der Waals surface area contributed by atoms with Gasteiger partial charge < -0.3 is 8.92 Å². The average Bonchev–Trinajstić information content (AvgIpc) is 2.98. The van der Waals surface area contributed by atoms with Crippen LogP contribution in [-0.2, 0) is 32.6 Å². The lowest BCUT2D eigenvalue weighted by Gasteiger charge is -2.44. The molecule has 0 radical (unpaired) electrons. The SMILES string of the molecule is COc1ccc(CN2[C@H]3C=C(OS(=O)(=O)C(F)(F)F)C[C@]2(c2ccc(C(F)(F)F)cc2)CC3)cc1. The summed E-state index contributed by atoms with van der Waals surface area (Å²) < 4.78 is 111. The Labute approximate surface area is 198 Å². The molecule has 4 rings (SSSR count). The molecule has 1 fully saturated rings. The van der Waals surface area contributed by atoms with E-state index in [-0.39, 0.29) is 12.2 Å². The molecule has 1 saturated heterocycles. The first-order valence-corrected chi connectivity index (χ1v) is 11.9. The molecule has 0 unspecified atom stereocenters. The lowest BCUT2D eigenvalue weighted by Crippen LogP contribution is -2.47. The largest absolute Gasteiger partial charge is 0.534 e. The van der Waals surface area contributed by atoms with Crippen molar-refractivity contribution in [2.45, 2.75) is 49.1 Å². The van der Waals surface area contributed by atoms with Gasteiger partial charge in [-0.05, 0) is 54.3 Å². The minimum atomic E-state index is -5.88. The molecule has 5 nitrogen and oxygen atoms in total. The van der Waals surface area contributed by atoms with Gasteiger partial charge >= 0.3 is 21.8 Å². The summed E-state index contributed by atoms with van der Waals surface area (Å²) in [4.78, 5) is 1.96. The van der Waals surface area contributed by atoms with E-state index in [1.54, 1.807) is 12.1 Å². The molecule has 2 aromatic rings. The van der Waals surface area contributed by atoms with Crippen LogP contribution >= 0.6 is 0 Å². The van der Waals surface area contributed by atoms with Gasteiger partial charge in [-0.15, -0.1) is 0 Å². The zero-order valence-corrected chi connectivity index (χ0v) is 19.2. The summed E-state index contributed by atoms with van der Waals surface area (Å²) in [5, 5.41) is 0. The topological polar surface area (TPSA) is 55.8 Å². The summed E-state index contributed by atoms with van der Waals surface area (Å²) in [6.45, 7) is 0.325. The number of fused-ring (bicyclic) bond motifs is 2. The molecule has 2 atom stereocenters. The second-order valence-corrected chi connectivity index (χ2v) is 10.0. The van der Waals surface area contributed by atoms with Crippen molar-refractivity contribution in [2.24, 2.45) is 0 Å². The van der Waals surface area contributed by atoms with E-state index in [0.29, 0.717) is 30.7 Å². The predicted octanol–water partition coefficient (Wildman–Crippen LogP) is 5.73. The van der Waals surface area contributed by atoms with Gasteiger partial charge in [-0.1, -0.05) is 24.3 Å². The zero-order chi connectivity index (χ0) is 25.6. The van der Waals surface area contributed by atoms with E-state index in [2.05, 4.69) is 4.18 Å². The second-order valence-electron chi connectivity index (χ2n) is 8.48. The molecule has 0 saturated carbocycles. The molecule has 2 heterocycles. The van der Waals surface area contributed by atoms with Crippen LogP contribution in [0.4, 0.5) is 26.3 Å². The Hall–Kier alpha value is -2.73. The lowest BCUT2D eigenvalue weighted by molar-refractivity contribution is -0.137. The van der Waals surface area contributed by atoms with Crippen molar-refractivity contribution in [1.29, 1.82) is 0 Å². The van der Waals surface area contributed by atoms with E-state index in [9.17, 15) is 34.8 Å². The van der Waals surface area contributed by atoms with E-state index >= 15 is 0 Å². The third-order valence-electron chi connectivity index (χ3n) is 6.41. The van der Waals surface area contributed by atoms with E-state index in [4.69, 9.17) is 4.74 Å². The third-order valence-corrected chi connectivity index (χ3v) is 7.41. The quantitative estimate of drug-likeness (QED) is 0.276. The van der Waals surface area contributed by atoms with E-state index < -0.39 is 38.9 Å². The molecule has 2 aliphatic rings. The number of benzene rings is 2. The van der Waals surface area contributed by atoms with Gasteiger partial charge in [0.2, 0.25) is 0 Å². The Kier molecular flexibility index (Phi) is 6.33. The van der Waals surface area contributed by atoms with E-state index in [1.165, 1.54) is 25.3 Å². The molecule has 35 heavy (non-hydrogen) atoms. The van der Waals surface area contributed by atoms with Crippen LogP contribution in [0.25, 0.3) is 0 Å². The highest BCUT2D eigenvalue weighted by atomic mass is 32.2. The van der Waals surface area contributed by atoms with Crippen molar-refractivity contribution in [3.63, 3.8) is 0 Å². The van der Waals surface area contributed by atoms with Gasteiger partial charge in [0.15, 0.2) is 0 Å². The number of ether oxygens (including phenoxy) is 1. The van der Waals surface area contributed by atoms with Crippen molar-refractivity contribution in [1.82, 2.24) is 4.90 Å². The molecule has 2 bridgehead atoms. The highest BCUT2D eigenvalue weighted by Crippen LogP contribution is 2.52. The van der Waals surface area contributed by atoms with Gasteiger partial charge in [-0.3, -0.25) is 4.90 Å². The maximum absolute atomic E-state index is 13.1. The first-order chi connectivity index (χ1) is 16.2. The Balaban J connectivity index is 1.73. The Morgan fingerprint density at radius 1 is 1.00 bits per heavy atom. The minimum absolute atomic E-state index is 0.250. The van der Waals surface area contributed by atoms with Gasteiger partial charge in [0, 0.05) is 19.0 Å². The third kappa shape index (κ3) is 4.86. The second kappa shape index (κ2) is 8.74. The fourth-order valence-corrected chi connectivity index (χ4v) is 5.24. The van der Waals surface area contributed by atoms with Gasteiger partial charge in [0.1, 0.15) is 11.5 Å². The molecule has 190 valence electrons. The molecule has 0 spiro atoms. The van der Waals surface area contributed by atoms with E-state index in [1.807, 2.05) is 17.0 Å². The smallest absolute Gasteiger partial charge is 0.497 e. The van der Waals surface area contributed by atoms with Gasteiger partial charge in [0.25, 0.3) is 0 Å². The lowest BCUT2D eigenvalue weighted by atomic mass is 9.82. The van der Waals surface area contributed by atoms with Crippen LogP contribution in [0, 0.1) is 0 Å². The number of hydrogen-bond donors (Lipinski definition) is 0. The van der Waals surface area contributed by atoms with Crippen LogP contribution in [0.2, 0.25) is 0 Å². The van der Waals surface area contributed by atoms with Crippen LogP contribution in [0.1, 0.15) is 36.0 Å². The van der Waals surface area contributed by atoms with Crippen LogP contribution in [-0.4, -0.2) is 32.0 Å². The first-order valence-electron chi connectivity index (χ1n) is 10.5. The number of alkyl halides is 6. The molecular formula is C23H21F6NO4S. The summed E-state index contributed by atoms with van der Waals surface area (Å²) in [6.07, 6.45) is -2.62. The standard InChI is InChI=1S/C23H21F6NO4S/c1-33-19-8-2-15(3-9-19)14-30-18-10-11-21(30,16-4-6-17(7-5-16)22(24,25)26)13-20(12-18)34-35(31,32)23(27,28)29/h2-9,12,18H,10-11,13-14H2,1H3/t18-,21+/m1/s1. The number of halogens is 6. The molecular weight excluding hydrogens is 500 g/mol. The van der Waals surface area contributed by atoms with Gasteiger partial charge in [0.05, 0.1) is 18.2 Å².